The Morgan fingerprint density at radius 2 is 1.55 bits per heavy atom. The third-order valence-electron chi connectivity index (χ3n) is 4.77. The average Bonchev–Trinajstić information content (AvgIpc) is 2.74. The first-order chi connectivity index (χ1) is 14.2. The molecule has 0 fully saturated rings. The van der Waals surface area contributed by atoms with Crippen LogP contribution in [0.3, 0.4) is 0 Å². The van der Waals surface area contributed by atoms with E-state index in [1.165, 1.54) is 30.0 Å². The van der Waals surface area contributed by atoms with E-state index in [0.717, 1.165) is 24.0 Å². The first-order valence-corrected chi connectivity index (χ1v) is 10.3. The summed E-state index contributed by atoms with van der Waals surface area (Å²) >= 11 is 5.77. The Balaban J connectivity index is 1.62. The van der Waals surface area contributed by atoms with Gasteiger partial charge >= 0.3 is 0 Å². The molecule has 2 heteroatoms. The van der Waals surface area contributed by atoms with E-state index in [4.69, 9.17) is 11.6 Å². The van der Waals surface area contributed by atoms with E-state index in [1.807, 2.05) is 24.3 Å². The van der Waals surface area contributed by atoms with Crippen LogP contribution in [0.5, 0.6) is 0 Å². The highest BCUT2D eigenvalue weighted by molar-refractivity contribution is 6.30. The number of unbranched alkanes of at least 4 members (excludes halogenated alkanes) is 2. The lowest BCUT2D eigenvalue weighted by atomic mass is 10.0. The first-order valence-electron chi connectivity index (χ1n) is 9.93. The van der Waals surface area contributed by atoms with E-state index in [2.05, 4.69) is 55.2 Å². The van der Waals surface area contributed by atoms with Crippen LogP contribution in [0.15, 0.2) is 78.9 Å². The fourth-order valence-electron chi connectivity index (χ4n) is 3.10. The van der Waals surface area contributed by atoms with Crippen LogP contribution in [0.4, 0.5) is 4.39 Å². The molecular weight excluding hydrogens is 379 g/mol. The van der Waals surface area contributed by atoms with Crippen molar-refractivity contribution in [3.8, 4) is 23.0 Å². The Hall–Kier alpha value is -2.82. The normalized spacial score (nSPS) is 10.7. The van der Waals surface area contributed by atoms with Gasteiger partial charge in [-0.25, -0.2) is 4.39 Å². The third-order valence-corrected chi connectivity index (χ3v) is 5.00. The molecule has 3 aromatic rings. The second-order valence-electron chi connectivity index (χ2n) is 6.96. The van der Waals surface area contributed by atoms with Crippen molar-refractivity contribution in [1.82, 2.24) is 0 Å². The van der Waals surface area contributed by atoms with Gasteiger partial charge in [-0.1, -0.05) is 72.0 Å². The number of benzene rings is 3. The summed E-state index contributed by atoms with van der Waals surface area (Å²) in [5.41, 5.74) is 4.90. The number of allylic oxidation sites excluding steroid dienone is 2. The Labute approximate surface area is 178 Å². The zero-order chi connectivity index (χ0) is 20.5. The predicted molar refractivity (Wildman–Crippen MR) is 122 cm³/mol. The minimum absolute atomic E-state index is 0.347. The predicted octanol–water partition coefficient (Wildman–Crippen LogP) is 7.83. The van der Waals surface area contributed by atoms with Gasteiger partial charge in [0, 0.05) is 10.6 Å². The maximum Gasteiger partial charge on any atom is 0.140 e. The first kappa shape index (κ1) is 20.9. The van der Waals surface area contributed by atoms with Crippen molar-refractivity contribution >= 4 is 11.6 Å². The zero-order valence-electron chi connectivity index (χ0n) is 16.6. The summed E-state index contributed by atoms with van der Waals surface area (Å²) in [4.78, 5) is 0. The monoisotopic (exact) mass is 402 g/mol. The van der Waals surface area contributed by atoms with E-state index in [9.17, 15) is 4.39 Å². The van der Waals surface area contributed by atoms with Crippen molar-refractivity contribution in [2.45, 2.75) is 32.6 Å². The van der Waals surface area contributed by atoms with Gasteiger partial charge in [0.15, 0.2) is 0 Å². The molecule has 0 radical (unpaired) electrons. The minimum Gasteiger partial charge on any atom is -0.206 e. The quantitative estimate of drug-likeness (QED) is 0.224. The Bertz CT molecular complexity index is 1020. The average molecular weight is 403 g/mol. The van der Waals surface area contributed by atoms with Crippen LogP contribution >= 0.6 is 11.6 Å². The Kier molecular flexibility index (Phi) is 7.68. The van der Waals surface area contributed by atoms with Gasteiger partial charge in [-0.3, -0.25) is 0 Å². The van der Waals surface area contributed by atoms with Gasteiger partial charge in [-0.05, 0) is 79.6 Å². The molecule has 0 N–H and O–H groups in total. The van der Waals surface area contributed by atoms with E-state index < -0.39 is 5.82 Å². The molecule has 0 saturated carbocycles. The van der Waals surface area contributed by atoms with Crippen LogP contribution < -0.4 is 0 Å². The lowest BCUT2D eigenvalue weighted by Gasteiger charge is -2.05. The van der Waals surface area contributed by atoms with Crippen molar-refractivity contribution in [2.75, 3.05) is 0 Å². The summed E-state index contributed by atoms with van der Waals surface area (Å²) in [6, 6.07) is 21.3. The van der Waals surface area contributed by atoms with Crippen molar-refractivity contribution in [3.63, 3.8) is 0 Å². The van der Waals surface area contributed by atoms with Gasteiger partial charge < -0.3 is 0 Å². The molecule has 0 aliphatic carbocycles. The van der Waals surface area contributed by atoms with Gasteiger partial charge in [0.2, 0.25) is 0 Å². The topological polar surface area (TPSA) is 0 Å². The fraction of sp³-hybridized carbons (Fsp3) is 0.185. The van der Waals surface area contributed by atoms with Crippen LogP contribution in [0.2, 0.25) is 5.02 Å². The zero-order valence-corrected chi connectivity index (χ0v) is 17.3. The molecule has 0 aliphatic rings. The molecular formula is C27H24ClF. The highest BCUT2D eigenvalue weighted by Crippen LogP contribution is 2.21. The van der Waals surface area contributed by atoms with E-state index in [0.29, 0.717) is 10.6 Å². The van der Waals surface area contributed by atoms with Crippen LogP contribution in [0, 0.1) is 17.7 Å². The Morgan fingerprint density at radius 3 is 2.21 bits per heavy atom. The molecule has 3 aromatic carbocycles. The molecule has 0 aromatic heterocycles. The standard InChI is InChI=1S/C27H24ClF/c1-2-3-4-5-6-7-21-8-13-23(14-9-21)24-15-10-22(11-16-24)12-17-25-18-19-26(28)20-27(25)29/h2-3,8-11,13-16,18-20H,4-7H2,1H3. The molecule has 0 atom stereocenters. The molecule has 0 saturated heterocycles. The SMILES string of the molecule is CC=CCCCCc1ccc(-c2ccc(C#Cc3ccc(Cl)cc3F)cc2)cc1. The van der Waals surface area contributed by atoms with Crippen molar-refractivity contribution in [3.05, 3.63) is 106 Å². The summed E-state index contributed by atoms with van der Waals surface area (Å²) in [6.45, 7) is 2.07. The summed E-state index contributed by atoms with van der Waals surface area (Å²) in [5, 5.41) is 0.372. The van der Waals surface area contributed by atoms with Crippen LogP contribution in [0.25, 0.3) is 11.1 Å². The minimum atomic E-state index is -0.400. The maximum absolute atomic E-state index is 13.8. The smallest absolute Gasteiger partial charge is 0.140 e. The number of hydrogen-bond acceptors (Lipinski definition) is 0. The number of aryl methyl sites for hydroxylation is 1. The van der Waals surface area contributed by atoms with E-state index >= 15 is 0 Å². The molecule has 0 nitrogen and oxygen atoms in total. The summed E-state index contributed by atoms with van der Waals surface area (Å²) in [5.74, 6) is 5.48. The summed E-state index contributed by atoms with van der Waals surface area (Å²) < 4.78 is 13.8. The van der Waals surface area contributed by atoms with Crippen molar-refractivity contribution < 1.29 is 4.39 Å². The third kappa shape index (κ3) is 6.34. The molecule has 0 aliphatic heterocycles. The van der Waals surface area contributed by atoms with Crippen LogP contribution in [-0.4, -0.2) is 0 Å². The van der Waals surface area contributed by atoms with Crippen LogP contribution in [-0.2, 0) is 6.42 Å². The van der Waals surface area contributed by atoms with E-state index in [1.54, 1.807) is 12.1 Å². The largest absolute Gasteiger partial charge is 0.206 e. The molecule has 3 rings (SSSR count). The van der Waals surface area contributed by atoms with Crippen molar-refractivity contribution in [1.29, 1.82) is 0 Å². The van der Waals surface area contributed by atoms with Crippen LogP contribution in [0.1, 0.15) is 42.9 Å². The molecule has 0 unspecified atom stereocenters. The summed E-state index contributed by atoms with van der Waals surface area (Å²) in [7, 11) is 0. The number of hydrogen-bond donors (Lipinski definition) is 0. The molecule has 0 amide bonds. The Morgan fingerprint density at radius 1 is 0.862 bits per heavy atom. The highest BCUT2D eigenvalue weighted by atomic mass is 35.5. The highest BCUT2D eigenvalue weighted by Gasteiger charge is 2.01. The summed E-state index contributed by atoms with van der Waals surface area (Å²) in [6.07, 6.45) is 9.06. The van der Waals surface area contributed by atoms with Crippen molar-refractivity contribution in [2.24, 2.45) is 0 Å². The lowest BCUT2D eigenvalue weighted by molar-refractivity contribution is 0.624. The lowest BCUT2D eigenvalue weighted by Crippen LogP contribution is -1.86. The molecule has 0 spiro atoms. The number of halogens is 2. The number of rotatable bonds is 6. The van der Waals surface area contributed by atoms with Gasteiger partial charge in [-0.15, -0.1) is 0 Å². The van der Waals surface area contributed by atoms with Gasteiger partial charge in [-0.2, -0.15) is 0 Å². The second kappa shape index (κ2) is 10.6. The maximum atomic E-state index is 13.8. The van der Waals surface area contributed by atoms with Gasteiger partial charge in [0.25, 0.3) is 0 Å². The van der Waals surface area contributed by atoms with E-state index in [-0.39, 0.29) is 0 Å². The molecule has 29 heavy (non-hydrogen) atoms. The molecule has 0 heterocycles. The van der Waals surface area contributed by atoms with Gasteiger partial charge in [0.05, 0.1) is 5.56 Å². The van der Waals surface area contributed by atoms with Gasteiger partial charge in [0.1, 0.15) is 5.82 Å². The fourth-order valence-corrected chi connectivity index (χ4v) is 3.26. The second-order valence-corrected chi connectivity index (χ2v) is 7.40. The molecule has 0 bridgehead atoms. The molecule has 146 valence electrons.